The maximum absolute atomic E-state index is 11.6. The van der Waals surface area contributed by atoms with Gasteiger partial charge in [-0.1, -0.05) is 24.3 Å². The minimum Gasteiger partial charge on any atom is -0.277 e. The number of rotatable bonds is 0. The minimum absolute atomic E-state index is 0.177. The molecule has 1 heterocycles. The van der Waals surface area contributed by atoms with Gasteiger partial charge in [0, 0.05) is 7.05 Å². The Bertz CT molecular complexity index is 625. The minimum atomic E-state index is -0.177. The molecule has 1 aromatic carbocycles. The molecule has 0 bridgehead atoms. The fraction of sp³-hybridized carbons (Fsp3) is 0.0909. The third kappa shape index (κ3) is 0.608. The van der Waals surface area contributed by atoms with Crippen LogP contribution in [0.5, 0.6) is 0 Å². The van der Waals surface area contributed by atoms with Gasteiger partial charge in [0.25, 0.3) is 11.1 Å². The maximum Gasteiger partial charge on any atom is 0.261 e. The molecule has 0 saturated carbocycles. The van der Waals surface area contributed by atoms with Crippen LogP contribution in [0.25, 0.3) is 21.9 Å². The topological polar surface area (TPSA) is 39.1 Å². The number of aromatic nitrogens is 1. The molecule has 3 heteroatoms. The van der Waals surface area contributed by atoms with Gasteiger partial charge >= 0.3 is 0 Å². The van der Waals surface area contributed by atoms with Crippen molar-refractivity contribution >= 4 is 10.8 Å². The van der Waals surface area contributed by atoms with E-state index in [2.05, 4.69) is 0 Å². The van der Waals surface area contributed by atoms with E-state index in [4.69, 9.17) is 0 Å². The third-order valence-electron chi connectivity index (χ3n) is 2.75. The zero-order valence-corrected chi connectivity index (χ0v) is 7.57. The van der Waals surface area contributed by atoms with Crippen LogP contribution in [0, 0.1) is 0 Å². The number of nitrogens with zero attached hydrogens (tertiary/aromatic N) is 1. The van der Waals surface area contributed by atoms with Crippen LogP contribution in [0.1, 0.15) is 0 Å². The molecule has 2 aliphatic rings. The van der Waals surface area contributed by atoms with Crippen molar-refractivity contribution in [1.29, 1.82) is 0 Å². The second-order valence-electron chi connectivity index (χ2n) is 3.46. The number of hydrogen-bond donors (Lipinski definition) is 0. The lowest BCUT2D eigenvalue weighted by molar-refractivity contribution is 0.855. The van der Waals surface area contributed by atoms with Crippen LogP contribution in [-0.4, -0.2) is 4.57 Å². The second kappa shape index (κ2) is 2.12. The van der Waals surface area contributed by atoms with Gasteiger partial charge in [0.2, 0.25) is 0 Å². The van der Waals surface area contributed by atoms with Crippen molar-refractivity contribution in [1.82, 2.24) is 4.57 Å². The highest BCUT2D eigenvalue weighted by atomic mass is 16.2. The summed E-state index contributed by atoms with van der Waals surface area (Å²) < 4.78 is 1.17. The first-order valence-corrected chi connectivity index (χ1v) is 4.38. The van der Waals surface area contributed by atoms with Crippen molar-refractivity contribution in [3.8, 4) is 11.1 Å². The Kier molecular flexibility index (Phi) is 1.14. The maximum atomic E-state index is 11.6. The summed E-state index contributed by atoms with van der Waals surface area (Å²) in [5.41, 5.74) is 0.827. The van der Waals surface area contributed by atoms with E-state index in [9.17, 15) is 9.59 Å². The molecular weight excluding hydrogens is 178 g/mol. The summed E-state index contributed by atoms with van der Waals surface area (Å²) in [6.45, 7) is 0. The zero-order valence-electron chi connectivity index (χ0n) is 7.57. The highest BCUT2D eigenvalue weighted by Gasteiger charge is 2.26. The van der Waals surface area contributed by atoms with Crippen molar-refractivity contribution in [2.45, 2.75) is 0 Å². The number of benzene rings is 1. The normalized spacial score (nSPS) is 11.8. The van der Waals surface area contributed by atoms with E-state index in [0.29, 0.717) is 11.1 Å². The van der Waals surface area contributed by atoms with E-state index in [1.807, 2.05) is 24.3 Å². The second-order valence-corrected chi connectivity index (χ2v) is 3.46. The predicted octanol–water partition coefficient (Wildman–Crippen LogP) is 0.879. The molecule has 1 aliphatic carbocycles. The lowest BCUT2D eigenvalue weighted by Gasteiger charge is -2.08. The SMILES string of the molecule is Cn1c(=O)c2c3ccccc3c-2c1=O. The Hall–Kier alpha value is -1.90. The summed E-state index contributed by atoms with van der Waals surface area (Å²) in [5.74, 6) is 0. The van der Waals surface area contributed by atoms with E-state index < -0.39 is 0 Å². The Morgan fingerprint density at radius 2 is 1.36 bits per heavy atom. The Morgan fingerprint density at radius 1 is 0.929 bits per heavy atom. The van der Waals surface area contributed by atoms with Crippen LogP contribution in [0.4, 0.5) is 0 Å². The Labute approximate surface area is 79.2 Å². The van der Waals surface area contributed by atoms with E-state index in [1.165, 1.54) is 11.6 Å². The zero-order chi connectivity index (χ0) is 9.87. The van der Waals surface area contributed by atoms with Gasteiger partial charge in [0.1, 0.15) is 0 Å². The first-order valence-electron chi connectivity index (χ1n) is 4.38. The molecule has 0 amide bonds. The summed E-state index contributed by atoms with van der Waals surface area (Å²) in [7, 11) is 1.52. The molecule has 0 unspecified atom stereocenters. The molecule has 0 fully saturated rings. The molecular formula is C11H7NO2. The molecule has 0 saturated heterocycles. The fourth-order valence-electron chi connectivity index (χ4n) is 2.00. The Balaban J connectivity index is 2.72. The van der Waals surface area contributed by atoms with E-state index in [1.54, 1.807) is 0 Å². The molecule has 3 rings (SSSR count). The molecule has 3 nitrogen and oxygen atoms in total. The van der Waals surface area contributed by atoms with Gasteiger partial charge in [-0.25, -0.2) is 0 Å². The van der Waals surface area contributed by atoms with Crippen LogP contribution in [0.2, 0.25) is 0 Å². The van der Waals surface area contributed by atoms with Gasteiger partial charge in [-0.15, -0.1) is 0 Å². The van der Waals surface area contributed by atoms with Crippen LogP contribution in [-0.2, 0) is 7.05 Å². The van der Waals surface area contributed by atoms with E-state index in [-0.39, 0.29) is 11.1 Å². The average Bonchev–Trinajstić information content (AvgIpc) is 2.35. The first-order chi connectivity index (χ1) is 6.72. The van der Waals surface area contributed by atoms with E-state index in [0.717, 1.165) is 10.8 Å². The van der Waals surface area contributed by atoms with Crippen LogP contribution in [0.15, 0.2) is 33.9 Å². The third-order valence-corrected chi connectivity index (χ3v) is 2.75. The van der Waals surface area contributed by atoms with Gasteiger partial charge in [-0.2, -0.15) is 0 Å². The highest BCUT2D eigenvalue weighted by molar-refractivity contribution is 6.14. The van der Waals surface area contributed by atoms with Crippen molar-refractivity contribution in [3.63, 3.8) is 0 Å². The summed E-state index contributed by atoms with van der Waals surface area (Å²) in [6, 6.07) is 7.49. The molecule has 0 N–H and O–H groups in total. The highest BCUT2D eigenvalue weighted by Crippen LogP contribution is 2.35. The largest absolute Gasteiger partial charge is 0.277 e. The average molecular weight is 185 g/mol. The van der Waals surface area contributed by atoms with Gasteiger partial charge in [0.15, 0.2) is 0 Å². The number of hydrogen-bond acceptors (Lipinski definition) is 2. The molecule has 1 aliphatic heterocycles. The van der Waals surface area contributed by atoms with Crippen molar-refractivity contribution in [2.24, 2.45) is 7.05 Å². The Morgan fingerprint density at radius 3 is 1.79 bits per heavy atom. The monoisotopic (exact) mass is 185 g/mol. The predicted molar refractivity (Wildman–Crippen MR) is 54.5 cm³/mol. The van der Waals surface area contributed by atoms with E-state index >= 15 is 0 Å². The van der Waals surface area contributed by atoms with Crippen molar-refractivity contribution in [3.05, 3.63) is 45.0 Å². The molecule has 0 aromatic heterocycles. The van der Waals surface area contributed by atoms with Gasteiger partial charge in [0.05, 0.1) is 11.1 Å². The smallest absolute Gasteiger partial charge is 0.261 e. The lowest BCUT2D eigenvalue weighted by Crippen LogP contribution is -2.20. The molecule has 68 valence electrons. The summed E-state index contributed by atoms with van der Waals surface area (Å²) >= 11 is 0. The molecule has 0 spiro atoms. The standard InChI is InChI=1S/C11H7NO2/c1-12-10(13)8-6-4-2-3-5-7(6)9(8)11(12)14/h2-5H,1H3. The van der Waals surface area contributed by atoms with Crippen LogP contribution >= 0.6 is 0 Å². The molecule has 14 heavy (non-hydrogen) atoms. The fourth-order valence-corrected chi connectivity index (χ4v) is 2.00. The van der Waals surface area contributed by atoms with Crippen molar-refractivity contribution < 1.29 is 0 Å². The first kappa shape index (κ1) is 7.50. The summed E-state index contributed by atoms with van der Waals surface area (Å²) in [4.78, 5) is 23.2. The molecule has 0 radical (unpaired) electrons. The summed E-state index contributed by atoms with van der Waals surface area (Å²) in [6.07, 6.45) is 0. The van der Waals surface area contributed by atoms with Crippen LogP contribution in [0.3, 0.4) is 0 Å². The quantitative estimate of drug-likeness (QED) is 0.521. The lowest BCUT2D eigenvalue weighted by atomic mass is 9.91. The molecule has 1 aromatic rings. The summed E-state index contributed by atoms with van der Waals surface area (Å²) in [5, 5.41) is 1.82. The van der Waals surface area contributed by atoms with Gasteiger partial charge in [-0.3, -0.25) is 14.2 Å². The van der Waals surface area contributed by atoms with Gasteiger partial charge in [-0.05, 0) is 10.8 Å². The molecule has 0 atom stereocenters. The van der Waals surface area contributed by atoms with Gasteiger partial charge < -0.3 is 0 Å². The van der Waals surface area contributed by atoms with Crippen LogP contribution < -0.4 is 11.1 Å². The van der Waals surface area contributed by atoms with Crippen molar-refractivity contribution in [2.75, 3.05) is 0 Å². The number of fused-ring (bicyclic) bond motifs is 4.